The number of halogens is 5. The Morgan fingerprint density at radius 2 is 1.73 bits per heavy atom. The van der Waals surface area contributed by atoms with Crippen LogP contribution in [0.2, 0.25) is 0 Å². The Morgan fingerprint density at radius 1 is 0.955 bits per heavy atom. The molecule has 8 aromatic rings. The maximum absolute atomic E-state index is 16.1. The fourth-order valence-electron chi connectivity index (χ4n) is 10.2. The van der Waals surface area contributed by atoms with E-state index < -0.39 is 52.3 Å². The molecule has 11 rings (SSSR count). The summed E-state index contributed by atoms with van der Waals surface area (Å²) < 4.78 is 91.4. The van der Waals surface area contributed by atoms with Crippen LogP contribution in [0, 0.1) is 11.6 Å². The number of aromatic nitrogens is 9. The molecule has 2 aliphatic heterocycles. The van der Waals surface area contributed by atoms with Crippen LogP contribution in [0.1, 0.15) is 91.5 Å². The average Bonchev–Trinajstić information content (AvgIpc) is 3.73. The van der Waals surface area contributed by atoms with Gasteiger partial charge in [-0.05, 0) is 106 Å². The molecule has 2 atom stereocenters. The van der Waals surface area contributed by atoms with Gasteiger partial charge in [-0.25, -0.2) is 18.4 Å². The number of nitrogens with one attached hydrogen (secondary N) is 1. The average molecular weight is 909 g/mol. The largest absolute Gasteiger partial charge is 0.438 e. The van der Waals surface area contributed by atoms with Gasteiger partial charge >= 0.3 is 17.6 Å². The minimum atomic E-state index is -5.06. The zero-order chi connectivity index (χ0) is 46.2. The molecule has 20 heteroatoms. The number of ether oxygens (including phenoxy) is 1. The van der Waals surface area contributed by atoms with E-state index in [0.717, 1.165) is 44.5 Å². The number of carbonyl (C=O) groups excluding carboxylic acids is 1. The number of hydrogen-bond acceptors (Lipinski definition) is 8. The van der Waals surface area contributed by atoms with Crippen LogP contribution >= 0.6 is 0 Å². The number of carbonyl (C=O) groups is 1. The Labute approximate surface area is 370 Å². The summed E-state index contributed by atoms with van der Waals surface area (Å²) in [6.45, 7) is 6.61. The Morgan fingerprint density at radius 3 is 2.45 bits per heavy atom. The Bertz CT molecular complexity index is 3420. The second-order valence-corrected chi connectivity index (χ2v) is 18.0. The van der Waals surface area contributed by atoms with Crippen molar-refractivity contribution in [1.82, 2.24) is 48.3 Å². The van der Waals surface area contributed by atoms with Gasteiger partial charge in [0.2, 0.25) is 0 Å². The van der Waals surface area contributed by atoms with E-state index in [1.54, 1.807) is 24.9 Å². The molecule has 3 aromatic carbocycles. The molecule has 3 aliphatic rings. The van der Waals surface area contributed by atoms with Gasteiger partial charge in [0.25, 0.3) is 5.91 Å². The highest BCUT2D eigenvalue weighted by Crippen LogP contribution is 2.51. The standard InChI is InChI=1S/C46H41F5N10O5/c1-24-38-39(59-15-14-58(43(59)64)34-10-9-33-29(36(34)48)23-52-56(33)4)37(26-5-7-31(47)30(20-26)46(49,50)51)54-60(38)17-16-57(24)40(62)35-21-28-19-25(27-11-18-65-44(2,3)22-27)6-8-32(28)61(35)45(12-13-45)41-53-42(63)66-55-41/h5-10,14-15,19-21,23-24,27H,11-13,16-18,22H2,1-4H3,(H,53,55,63)/t24-,27-/m1/s1. The van der Waals surface area contributed by atoms with E-state index in [0.29, 0.717) is 42.8 Å². The second kappa shape index (κ2) is 14.5. The zero-order valence-electron chi connectivity index (χ0n) is 36.0. The summed E-state index contributed by atoms with van der Waals surface area (Å²) in [6.07, 6.45) is 1.66. The lowest BCUT2D eigenvalue weighted by molar-refractivity contribution is -0.139. The smallest absolute Gasteiger partial charge is 0.376 e. The molecule has 0 spiro atoms. The molecule has 0 radical (unpaired) electrons. The minimum Gasteiger partial charge on any atom is -0.376 e. The monoisotopic (exact) mass is 908 g/mol. The van der Waals surface area contributed by atoms with Crippen LogP contribution in [0.4, 0.5) is 22.0 Å². The number of alkyl halides is 3. The molecule has 5 aromatic heterocycles. The number of amides is 1. The van der Waals surface area contributed by atoms with Gasteiger partial charge in [0.1, 0.15) is 28.4 Å². The van der Waals surface area contributed by atoms with Crippen molar-refractivity contribution < 1.29 is 36.0 Å². The normalized spacial score (nSPS) is 19.2. The quantitative estimate of drug-likeness (QED) is 0.159. The summed E-state index contributed by atoms with van der Waals surface area (Å²) >= 11 is 0. The highest BCUT2D eigenvalue weighted by molar-refractivity contribution is 6.00. The first-order valence-electron chi connectivity index (χ1n) is 21.5. The fraction of sp³-hybridized carbons (Fsp3) is 0.348. The van der Waals surface area contributed by atoms with Gasteiger partial charge in [0, 0.05) is 49.1 Å². The second-order valence-electron chi connectivity index (χ2n) is 18.0. The van der Waals surface area contributed by atoms with Crippen molar-refractivity contribution in [1.29, 1.82) is 0 Å². The van der Waals surface area contributed by atoms with Crippen molar-refractivity contribution in [3.63, 3.8) is 0 Å². The van der Waals surface area contributed by atoms with E-state index in [2.05, 4.69) is 41.2 Å². The number of hydrogen-bond donors (Lipinski definition) is 1. The van der Waals surface area contributed by atoms with Gasteiger partial charge in [0.05, 0.1) is 52.2 Å². The van der Waals surface area contributed by atoms with Gasteiger partial charge in [-0.2, -0.15) is 23.4 Å². The van der Waals surface area contributed by atoms with Gasteiger partial charge in [0.15, 0.2) is 11.6 Å². The van der Waals surface area contributed by atoms with Crippen LogP contribution in [0.3, 0.4) is 0 Å². The lowest BCUT2D eigenvalue weighted by Crippen LogP contribution is -2.43. The lowest BCUT2D eigenvalue weighted by Gasteiger charge is -2.35. The Balaban J connectivity index is 1.06. The number of fused-ring (bicyclic) bond motifs is 3. The molecule has 1 saturated heterocycles. The summed E-state index contributed by atoms with van der Waals surface area (Å²) in [7, 11) is 1.65. The van der Waals surface area contributed by atoms with Gasteiger partial charge in [-0.1, -0.05) is 11.2 Å². The van der Waals surface area contributed by atoms with Crippen LogP contribution in [0.5, 0.6) is 0 Å². The van der Waals surface area contributed by atoms with E-state index in [4.69, 9.17) is 14.4 Å². The number of benzene rings is 3. The fourth-order valence-corrected chi connectivity index (χ4v) is 10.2. The van der Waals surface area contributed by atoms with Crippen LogP contribution in [0.25, 0.3) is 44.4 Å². The SMILES string of the molecule is C[C@@H]1c2c(-n3ccn(-c4ccc5c(cnn5C)c4F)c3=O)c(-c3ccc(F)c(C(F)(F)F)c3)nn2CCN1C(=O)c1cc2cc([C@@H]3CCOC(C)(C)C3)ccc2n1C1(c2noc(=O)[nH]2)CC1. The van der Waals surface area contributed by atoms with E-state index >= 15 is 9.18 Å². The molecule has 66 heavy (non-hydrogen) atoms. The summed E-state index contributed by atoms with van der Waals surface area (Å²) in [5.74, 6) is -2.89. The number of H-pyrrole nitrogens is 1. The highest BCUT2D eigenvalue weighted by atomic mass is 19.4. The first kappa shape index (κ1) is 41.6. The van der Waals surface area contributed by atoms with Gasteiger partial charge in [-0.15, -0.1) is 0 Å². The molecule has 0 bridgehead atoms. The molecule has 1 aliphatic carbocycles. The molecular weight excluding hydrogens is 868 g/mol. The van der Waals surface area contributed by atoms with Crippen LogP contribution in [-0.4, -0.2) is 73.0 Å². The predicted molar refractivity (Wildman–Crippen MR) is 229 cm³/mol. The Kier molecular flexibility index (Phi) is 9.11. The number of rotatable bonds is 7. The van der Waals surface area contributed by atoms with Crippen molar-refractivity contribution in [3.8, 4) is 22.6 Å². The topological polar surface area (TPSA) is 156 Å². The molecule has 1 N–H and O–H groups in total. The van der Waals surface area contributed by atoms with Crippen molar-refractivity contribution in [2.45, 2.75) is 82.3 Å². The van der Waals surface area contributed by atoms with E-state index in [9.17, 15) is 27.2 Å². The van der Waals surface area contributed by atoms with Crippen molar-refractivity contribution >= 4 is 27.7 Å². The van der Waals surface area contributed by atoms with Gasteiger partial charge in [-0.3, -0.25) is 32.8 Å². The number of aromatic amines is 1. The molecule has 1 amide bonds. The van der Waals surface area contributed by atoms with E-state index in [-0.39, 0.29) is 64.1 Å². The molecule has 340 valence electrons. The maximum atomic E-state index is 16.1. The summed E-state index contributed by atoms with van der Waals surface area (Å²) in [4.78, 5) is 46.5. The third kappa shape index (κ3) is 6.39. The summed E-state index contributed by atoms with van der Waals surface area (Å²) in [5, 5.41) is 13.9. The third-order valence-electron chi connectivity index (χ3n) is 13.6. The zero-order valence-corrected chi connectivity index (χ0v) is 36.0. The predicted octanol–water partition coefficient (Wildman–Crippen LogP) is 7.73. The number of aryl methyl sites for hydroxylation is 1. The number of imidazole rings is 1. The van der Waals surface area contributed by atoms with Crippen LogP contribution in [0.15, 0.2) is 87.3 Å². The van der Waals surface area contributed by atoms with Crippen LogP contribution < -0.4 is 11.4 Å². The molecule has 1 saturated carbocycles. The third-order valence-corrected chi connectivity index (χ3v) is 13.6. The summed E-state index contributed by atoms with van der Waals surface area (Å²) in [6, 6.07) is 12.6. The number of nitrogens with zero attached hydrogens (tertiary/aromatic N) is 9. The van der Waals surface area contributed by atoms with E-state index in [1.165, 1.54) is 34.0 Å². The first-order chi connectivity index (χ1) is 31.4. The lowest BCUT2D eigenvalue weighted by atomic mass is 9.83. The molecule has 2 fully saturated rings. The van der Waals surface area contributed by atoms with Crippen molar-refractivity contribution in [3.05, 3.63) is 134 Å². The highest BCUT2D eigenvalue weighted by Gasteiger charge is 2.53. The molecule has 7 heterocycles. The molecule has 15 nitrogen and oxygen atoms in total. The molecular formula is C46H41F5N10O5. The minimum absolute atomic E-state index is 0.0229. The van der Waals surface area contributed by atoms with Crippen molar-refractivity contribution in [2.75, 3.05) is 13.2 Å². The maximum Gasteiger partial charge on any atom is 0.438 e. The van der Waals surface area contributed by atoms with Crippen LogP contribution in [-0.2, 0) is 30.0 Å². The molecule has 0 unspecified atom stereocenters. The van der Waals surface area contributed by atoms with Crippen molar-refractivity contribution in [2.24, 2.45) is 7.05 Å². The summed E-state index contributed by atoms with van der Waals surface area (Å²) in [5.41, 5.74) is -0.979. The van der Waals surface area contributed by atoms with Gasteiger partial charge < -0.3 is 14.2 Å². The Hall–Kier alpha value is -7.09. The van der Waals surface area contributed by atoms with E-state index in [1.807, 2.05) is 16.7 Å². The first-order valence-corrected chi connectivity index (χ1v) is 21.5.